The van der Waals surface area contributed by atoms with E-state index in [4.69, 9.17) is 15.7 Å². The normalized spacial score (nSPS) is 10.2. The molecule has 0 fully saturated rings. The topological polar surface area (TPSA) is 127 Å². The average Bonchev–Trinajstić information content (AvgIpc) is 2.93. The standard InChI is InChI=1S/C17H15FN4O4/c1-22-13(15(23)16(20)24)6-11(14(22)8-26-2)17(25)21-10-3-4-12(18)9(5-10)7-19/h3-6H,8H2,1-2H3,(H2,20,24)(H,21,25). The number of halogens is 1. The highest BCUT2D eigenvalue weighted by Crippen LogP contribution is 2.20. The third-order valence-corrected chi connectivity index (χ3v) is 3.68. The van der Waals surface area contributed by atoms with Crippen LogP contribution in [0, 0.1) is 17.1 Å². The molecular weight excluding hydrogens is 343 g/mol. The van der Waals surface area contributed by atoms with Gasteiger partial charge in [-0.2, -0.15) is 5.26 Å². The minimum atomic E-state index is -1.15. The molecule has 2 aromatic rings. The minimum Gasteiger partial charge on any atom is -0.378 e. The van der Waals surface area contributed by atoms with Crippen LogP contribution < -0.4 is 11.1 Å². The molecule has 2 rings (SSSR count). The van der Waals surface area contributed by atoms with Crippen molar-refractivity contribution in [2.75, 3.05) is 12.4 Å². The predicted molar refractivity (Wildman–Crippen MR) is 88.7 cm³/mol. The second kappa shape index (κ2) is 7.58. The maximum Gasteiger partial charge on any atom is 0.291 e. The van der Waals surface area contributed by atoms with Gasteiger partial charge in [-0.25, -0.2) is 4.39 Å². The molecule has 0 spiro atoms. The number of nitrogens with one attached hydrogen (secondary N) is 1. The van der Waals surface area contributed by atoms with E-state index in [0.717, 1.165) is 6.07 Å². The number of primary amides is 1. The number of nitrogens with two attached hydrogens (primary N) is 1. The predicted octanol–water partition coefficient (Wildman–Crippen LogP) is 1.10. The summed E-state index contributed by atoms with van der Waals surface area (Å²) < 4.78 is 19.8. The van der Waals surface area contributed by atoms with Gasteiger partial charge in [0.2, 0.25) is 0 Å². The molecule has 0 aliphatic carbocycles. The number of aromatic nitrogens is 1. The number of anilines is 1. The monoisotopic (exact) mass is 358 g/mol. The molecule has 0 aliphatic rings. The molecular formula is C17H15FN4O4. The third-order valence-electron chi connectivity index (χ3n) is 3.68. The first-order chi connectivity index (χ1) is 12.3. The highest BCUT2D eigenvalue weighted by molar-refractivity contribution is 6.42. The van der Waals surface area contributed by atoms with Crippen molar-refractivity contribution in [2.24, 2.45) is 12.8 Å². The minimum absolute atomic E-state index is 0.00183. The Kier molecular flexibility index (Phi) is 5.49. The summed E-state index contributed by atoms with van der Waals surface area (Å²) in [7, 11) is 2.90. The summed E-state index contributed by atoms with van der Waals surface area (Å²) >= 11 is 0. The van der Waals surface area contributed by atoms with Crippen LogP contribution in [0.4, 0.5) is 10.1 Å². The molecule has 134 valence electrons. The van der Waals surface area contributed by atoms with Crippen molar-refractivity contribution in [2.45, 2.75) is 6.61 Å². The lowest BCUT2D eigenvalue weighted by molar-refractivity contribution is -0.114. The van der Waals surface area contributed by atoms with Gasteiger partial charge in [-0.05, 0) is 24.3 Å². The maximum absolute atomic E-state index is 13.4. The first-order valence-corrected chi connectivity index (χ1v) is 7.32. The van der Waals surface area contributed by atoms with Gasteiger partial charge in [-0.1, -0.05) is 0 Å². The van der Waals surface area contributed by atoms with Crippen LogP contribution >= 0.6 is 0 Å². The lowest BCUT2D eigenvalue weighted by Gasteiger charge is -2.09. The lowest BCUT2D eigenvalue weighted by Crippen LogP contribution is -2.25. The Hall–Kier alpha value is -3.51. The number of rotatable bonds is 6. The number of Topliss-reactive ketones (excluding diaryl/α,β-unsaturated/α-hetero) is 1. The maximum atomic E-state index is 13.4. The van der Waals surface area contributed by atoms with Crippen LogP contribution in [0.5, 0.6) is 0 Å². The summed E-state index contributed by atoms with van der Waals surface area (Å²) in [6.45, 7) is -0.00183. The number of hydrogen-bond acceptors (Lipinski definition) is 5. The van der Waals surface area contributed by atoms with E-state index in [0.29, 0.717) is 5.69 Å². The quantitative estimate of drug-likeness (QED) is 0.590. The van der Waals surface area contributed by atoms with E-state index >= 15 is 0 Å². The Bertz CT molecular complexity index is 943. The fourth-order valence-electron chi connectivity index (χ4n) is 2.38. The molecule has 0 aliphatic heterocycles. The van der Waals surface area contributed by atoms with Crippen molar-refractivity contribution >= 4 is 23.3 Å². The summed E-state index contributed by atoms with van der Waals surface area (Å²) in [5.74, 6) is -3.43. The fourth-order valence-corrected chi connectivity index (χ4v) is 2.38. The van der Waals surface area contributed by atoms with Gasteiger partial charge in [0.15, 0.2) is 0 Å². The number of amides is 2. The van der Waals surface area contributed by atoms with E-state index < -0.39 is 23.4 Å². The fraction of sp³-hybridized carbons (Fsp3) is 0.176. The van der Waals surface area contributed by atoms with Gasteiger partial charge >= 0.3 is 0 Å². The Morgan fingerprint density at radius 2 is 2.04 bits per heavy atom. The summed E-state index contributed by atoms with van der Waals surface area (Å²) in [5, 5.41) is 11.4. The SMILES string of the molecule is COCc1c(C(=O)Nc2ccc(F)c(C#N)c2)cc(C(=O)C(N)=O)n1C. The van der Waals surface area contributed by atoms with Gasteiger partial charge in [0.1, 0.15) is 11.9 Å². The van der Waals surface area contributed by atoms with Gasteiger partial charge < -0.3 is 20.4 Å². The zero-order valence-corrected chi connectivity index (χ0v) is 14.0. The summed E-state index contributed by atoms with van der Waals surface area (Å²) in [6.07, 6.45) is 0. The van der Waals surface area contributed by atoms with Gasteiger partial charge in [0.05, 0.1) is 29.1 Å². The molecule has 0 radical (unpaired) electrons. The number of hydrogen-bond donors (Lipinski definition) is 2. The van der Waals surface area contributed by atoms with Gasteiger partial charge in [-0.3, -0.25) is 14.4 Å². The summed E-state index contributed by atoms with van der Waals surface area (Å²) in [5.41, 5.74) is 5.36. The highest BCUT2D eigenvalue weighted by atomic mass is 19.1. The molecule has 0 saturated carbocycles. The van der Waals surface area contributed by atoms with E-state index in [2.05, 4.69) is 5.32 Å². The Balaban J connectivity index is 2.42. The molecule has 1 aromatic heterocycles. The van der Waals surface area contributed by atoms with Crippen LogP contribution in [-0.4, -0.2) is 29.3 Å². The number of methoxy groups -OCH3 is 1. The zero-order chi connectivity index (χ0) is 19.4. The number of benzene rings is 1. The van der Waals surface area contributed by atoms with Crippen LogP contribution in [0.25, 0.3) is 0 Å². The zero-order valence-electron chi connectivity index (χ0n) is 14.0. The Morgan fingerprint density at radius 1 is 1.35 bits per heavy atom. The molecule has 0 atom stereocenters. The van der Waals surface area contributed by atoms with Crippen LogP contribution in [0.3, 0.4) is 0 Å². The molecule has 2 amide bonds. The largest absolute Gasteiger partial charge is 0.378 e. The van der Waals surface area contributed by atoms with Gasteiger partial charge in [-0.15, -0.1) is 0 Å². The Morgan fingerprint density at radius 3 is 2.62 bits per heavy atom. The molecule has 1 aromatic carbocycles. The van der Waals surface area contributed by atoms with Gasteiger partial charge in [0.25, 0.3) is 17.6 Å². The molecule has 0 saturated heterocycles. The molecule has 3 N–H and O–H groups in total. The molecule has 9 heteroatoms. The van der Waals surface area contributed by atoms with Crippen molar-refractivity contribution in [1.82, 2.24) is 4.57 Å². The van der Waals surface area contributed by atoms with Crippen LogP contribution in [-0.2, 0) is 23.2 Å². The second-order valence-corrected chi connectivity index (χ2v) is 5.34. The second-order valence-electron chi connectivity index (χ2n) is 5.34. The lowest BCUT2D eigenvalue weighted by atomic mass is 10.1. The van der Waals surface area contributed by atoms with Crippen LogP contribution in [0.1, 0.15) is 32.1 Å². The van der Waals surface area contributed by atoms with Crippen molar-refractivity contribution in [1.29, 1.82) is 5.26 Å². The van der Waals surface area contributed by atoms with Crippen molar-refractivity contribution in [3.05, 3.63) is 52.6 Å². The van der Waals surface area contributed by atoms with E-state index in [1.54, 1.807) is 6.07 Å². The summed E-state index contributed by atoms with van der Waals surface area (Å²) in [6, 6.07) is 6.43. The van der Waals surface area contributed by atoms with Crippen LogP contribution in [0.15, 0.2) is 24.3 Å². The first-order valence-electron chi connectivity index (χ1n) is 7.32. The number of nitriles is 1. The number of ether oxygens (including phenoxy) is 1. The smallest absolute Gasteiger partial charge is 0.291 e. The molecule has 26 heavy (non-hydrogen) atoms. The first kappa shape index (κ1) is 18.8. The highest BCUT2D eigenvalue weighted by Gasteiger charge is 2.24. The molecule has 0 unspecified atom stereocenters. The number of carbonyl (C=O) groups excluding carboxylic acids is 3. The number of carbonyl (C=O) groups is 3. The third kappa shape index (κ3) is 3.60. The van der Waals surface area contributed by atoms with E-state index in [-0.39, 0.29) is 29.1 Å². The van der Waals surface area contributed by atoms with E-state index in [1.165, 1.54) is 36.9 Å². The number of ketones is 1. The number of nitrogens with zero attached hydrogens (tertiary/aromatic N) is 2. The van der Waals surface area contributed by atoms with E-state index in [9.17, 15) is 18.8 Å². The molecule has 1 heterocycles. The molecule has 8 nitrogen and oxygen atoms in total. The van der Waals surface area contributed by atoms with Crippen molar-refractivity contribution in [3.8, 4) is 6.07 Å². The van der Waals surface area contributed by atoms with Crippen LogP contribution in [0.2, 0.25) is 0 Å². The van der Waals surface area contributed by atoms with Gasteiger partial charge in [0, 0.05) is 19.8 Å². The molecule has 0 bridgehead atoms. The van der Waals surface area contributed by atoms with Crippen molar-refractivity contribution < 1.29 is 23.5 Å². The Labute approximate surface area is 148 Å². The van der Waals surface area contributed by atoms with E-state index in [1.807, 2.05) is 0 Å². The van der Waals surface area contributed by atoms with Crippen molar-refractivity contribution in [3.63, 3.8) is 0 Å². The average molecular weight is 358 g/mol. The summed E-state index contributed by atoms with van der Waals surface area (Å²) in [4.78, 5) is 35.6.